The molecule has 0 saturated carbocycles. The molecule has 0 aromatic heterocycles. The van der Waals surface area contributed by atoms with Gasteiger partial charge >= 0.3 is 5.97 Å². The number of fused-ring (bicyclic) bond motifs is 1. The molecule has 1 saturated heterocycles. The Labute approximate surface area is 195 Å². The molecule has 1 aromatic carbocycles. The third-order valence-corrected chi connectivity index (χ3v) is 5.20. The molecule has 3 rings (SSSR count). The Hall–Kier alpha value is -2.04. The number of para-hydroxylation sites is 2. The lowest BCUT2D eigenvalue weighted by Gasteiger charge is -2.34. The second-order valence-electron chi connectivity index (χ2n) is 7.17. The Bertz CT molecular complexity index is 758. The van der Waals surface area contributed by atoms with Gasteiger partial charge in [0.1, 0.15) is 5.75 Å². The van der Waals surface area contributed by atoms with Crippen molar-refractivity contribution in [3.05, 3.63) is 24.3 Å². The van der Waals surface area contributed by atoms with Crippen molar-refractivity contribution in [1.82, 2.24) is 10.2 Å². The molecule has 30 heavy (non-hydrogen) atoms. The van der Waals surface area contributed by atoms with Crippen molar-refractivity contribution in [2.45, 2.75) is 26.2 Å². The molecule has 0 radical (unpaired) electrons. The Morgan fingerprint density at radius 1 is 1.37 bits per heavy atom. The molecular formula is C21H31IN4O4. The van der Waals surface area contributed by atoms with Crippen LogP contribution < -0.4 is 15.0 Å². The highest BCUT2D eigenvalue weighted by Crippen LogP contribution is 2.31. The summed E-state index contributed by atoms with van der Waals surface area (Å²) >= 11 is 0. The summed E-state index contributed by atoms with van der Waals surface area (Å²) in [6, 6.07) is 7.60. The molecule has 8 nitrogen and oxygen atoms in total. The van der Waals surface area contributed by atoms with Crippen LogP contribution in [-0.2, 0) is 14.3 Å². The van der Waals surface area contributed by atoms with E-state index in [-0.39, 0.29) is 48.4 Å². The number of anilines is 1. The number of piperidine rings is 1. The van der Waals surface area contributed by atoms with Crippen LogP contribution in [0.15, 0.2) is 29.3 Å². The molecule has 2 heterocycles. The number of nitrogens with zero attached hydrogens (tertiary/aromatic N) is 3. The lowest BCUT2D eigenvalue weighted by atomic mass is 9.98. The summed E-state index contributed by atoms with van der Waals surface area (Å²) in [5.41, 5.74) is 0.821. The van der Waals surface area contributed by atoms with Crippen LogP contribution in [0.1, 0.15) is 26.2 Å². The van der Waals surface area contributed by atoms with Gasteiger partial charge in [0.2, 0.25) is 0 Å². The number of carbonyl (C=O) groups excluding carboxylic acids is 2. The average Bonchev–Trinajstić information content (AvgIpc) is 2.75. The topological polar surface area (TPSA) is 83.5 Å². The van der Waals surface area contributed by atoms with E-state index in [1.165, 1.54) is 0 Å². The highest BCUT2D eigenvalue weighted by Gasteiger charge is 2.28. The van der Waals surface area contributed by atoms with Gasteiger partial charge in [-0.15, -0.1) is 24.0 Å². The first-order valence-electron chi connectivity index (χ1n) is 10.3. The van der Waals surface area contributed by atoms with E-state index < -0.39 is 0 Å². The SMILES string of the molecule is CCOC(=O)C1CCCN(C(=NC)NCCCN2C(=O)COc3ccccc32)C1.I. The first-order chi connectivity index (χ1) is 14.1. The summed E-state index contributed by atoms with van der Waals surface area (Å²) in [6.45, 7) is 5.09. The van der Waals surface area contributed by atoms with Crippen LogP contribution in [0.4, 0.5) is 5.69 Å². The number of amides is 1. The summed E-state index contributed by atoms with van der Waals surface area (Å²) in [5, 5.41) is 3.36. The van der Waals surface area contributed by atoms with Crippen LogP contribution in [0.25, 0.3) is 0 Å². The van der Waals surface area contributed by atoms with Crippen LogP contribution in [-0.4, -0.2) is 69.2 Å². The van der Waals surface area contributed by atoms with E-state index in [1.54, 1.807) is 11.9 Å². The lowest BCUT2D eigenvalue weighted by Crippen LogP contribution is -2.49. The highest BCUT2D eigenvalue weighted by molar-refractivity contribution is 14.0. The Kier molecular flexibility index (Phi) is 9.67. The summed E-state index contributed by atoms with van der Waals surface area (Å²) in [6.07, 6.45) is 2.56. The number of aliphatic imine (C=N–C) groups is 1. The van der Waals surface area contributed by atoms with Gasteiger partial charge in [-0.05, 0) is 38.3 Å². The monoisotopic (exact) mass is 530 g/mol. The van der Waals surface area contributed by atoms with Gasteiger partial charge in [-0.2, -0.15) is 0 Å². The average molecular weight is 530 g/mol. The van der Waals surface area contributed by atoms with E-state index >= 15 is 0 Å². The van der Waals surface area contributed by atoms with Gasteiger partial charge in [0.05, 0.1) is 18.2 Å². The molecule has 2 aliphatic rings. The maximum absolute atomic E-state index is 12.2. The molecule has 0 bridgehead atoms. The van der Waals surface area contributed by atoms with Crippen LogP contribution in [0.3, 0.4) is 0 Å². The molecule has 1 aromatic rings. The first-order valence-corrected chi connectivity index (χ1v) is 10.3. The maximum Gasteiger partial charge on any atom is 0.310 e. The Morgan fingerprint density at radius 2 is 2.17 bits per heavy atom. The third-order valence-electron chi connectivity index (χ3n) is 5.20. The zero-order valence-electron chi connectivity index (χ0n) is 17.6. The number of hydrogen-bond donors (Lipinski definition) is 1. The predicted octanol–water partition coefficient (Wildman–Crippen LogP) is 2.27. The lowest BCUT2D eigenvalue weighted by molar-refractivity contribution is -0.149. The molecule has 9 heteroatoms. The third kappa shape index (κ3) is 5.99. The van der Waals surface area contributed by atoms with Crippen LogP contribution in [0.2, 0.25) is 0 Å². The molecule has 0 aliphatic carbocycles. The standard InChI is InChI=1S/C21H30N4O4.HI/c1-3-28-20(27)16-8-6-12-24(14-16)21(22-2)23-11-7-13-25-17-9-4-5-10-18(17)29-15-19(25)26;/h4-5,9-10,16H,3,6-8,11-15H2,1-2H3,(H,22,23);1H. The summed E-state index contributed by atoms with van der Waals surface area (Å²) < 4.78 is 10.7. The highest BCUT2D eigenvalue weighted by atomic mass is 127. The van der Waals surface area contributed by atoms with E-state index in [0.717, 1.165) is 43.2 Å². The molecule has 1 atom stereocenters. The zero-order chi connectivity index (χ0) is 20.6. The molecule has 0 spiro atoms. The van der Waals surface area contributed by atoms with Gasteiger partial charge in [0.15, 0.2) is 12.6 Å². The van der Waals surface area contributed by atoms with Gasteiger partial charge < -0.3 is 24.6 Å². The van der Waals surface area contributed by atoms with Gasteiger partial charge in [-0.25, -0.2) is 0 Å². The normalized spacial score (nSPS) is 18.8. The maximum atomic E-state index is 12.2. The number of nitrogens with one attached hydrogen (secondary N) is 1. The van der Waals surface area contributed by atoms with E-state index in [9.17, 15) is 9.59 Å². The van der Waals surface area contributed by atoms with E-state index in [2.05, 4.69) is 15.2 Å². The minimum absolute atomic E-state index is 0. The molecule has 166 valence electrons. The molecular weight excluding hydrogens is 499 g/mol. The minimum atomic E-state index is -0.128. The van der Waals surface area contributed by atoms with Crippen LogP contribution in [0.5, 0.6) is 5.75 Å². The minimum Gasteiger partial charge on any atom is -0.482 e. The first kappa shape index (κ1) is 24.2. The summed E-state index contributed by atoms with van der Waals surface area (Å²) in [4.78, 5) is 32.6. The summed E-state index contributed by atoms with van der Waals surface area (Å²) in [7, 11) is 1.75. The fraction of sp³-hybridized carbons (Fsp3) is 0.571. The fourth-order valence-corrected chi connectivity index (χ4v) is 3.79. The number of likely N-dealkylation sites (tertiary alicyclic amines) is 1. The number of guanidine groups is 1. The number of carbonyl (C=O) groups is 2. The van der Waals surface area contributed by atoms with Crippen molar-refractivity contribution < 1.29 is 19.1 Å². The largest absolute Gasteiger partial charge is 0.482 e. The Morgan fingerprint density at radius 3 is 2.93 bits per heavy atom. The van der Waals surface area contributed by atoms with Crippen molar-refractivity contribution in [1.29, 1.82) is 0 Å². The number of esters is 1. The fourth-order valence-electron chi connectivity index (χ4n) is 3.79. The number of benzene rings is 1. The quantitative estimate of drug-likeness (QED) is 0.200. The molecule has 1 unspecified atom stereocenters. The summed E-state index contributed by atoms with van der Waals surface area (Å²) in [5.74, 6) is 1.27. The number of halogens is 1. The van der Waals surface area contributed by atoms with Gasteiger partial charge in [0, 0.05) is 33.2 Å². The van der Waals surface area contributed by atoms with Crippen molar-refractivity contribution in [2.24, 2.45) is 10.9 Å². The second-order valence-corrected chi connectivity index (χ2v) is 7.17. The van der Waals surface area contributed by atoms with Crippen molar-refractivity contribution in [3.8, 4) is 5.75 Å². The molecule has 1 N–H and O–H groups in total. The molecule has 1 fully saturated rings. The van der Waals surface area contributed by atoms with E-state index in [4.69, 9.17) is 9.47 Å². The van der Waals surface area contributed by atoms with Gasteiger partial charge in [-0.1, -0.05) is 12.1 Å². The molecule has 2 aliphatic heterocycles. The number of hydrogen-bond acceptors (Lipinski definition) is 5. The van der Waals surface area contributed by atoms with Crippen LogP contribution >= 0.6 is 24.0 Å². The van der Waals surface area contributed by atoms with Crippen molar-refractivity contribution in [2.75, 3.05) is 51.3 Å². The van der Waals surface area contributed by atoms with E-state index in [0.29, 0.717) is 26.2 Å². The Balaban J connectivity index is 0.00000320. The smallest absolute Gasteiger partial charge is 0.310 e. The molecule has 1 amide bonds. The zero-order valence-corrected chi connectivity index (χ0v) is 20.0. The van der Waals surface area contributed by atoms with E-state index in [1.807, 2.05) is 31.2 Å². The number of rotatable bonds is 6. The van der Waals surface area contributed by atoms with Gasteiger partial charge in [-0.3, -0.25) is 14.6 Å². The number of ether oxygens (including phenoxy) is 2. The van der Waals surface area contributed by atoms with Crippen LogP contribution in [0, 0.1) is 5.92 Å². The second kappa shape index (κ2) is 12.0. The van der Waals surface area contributed by atoms with Crippen molar-refractivity contribution >= 4 is 47.5 Å². The predicted molar refractivity (Wildman–Crippen MR) is 127 cm³/mol. The van der Waals surface area contributed by atoms with Crippen molar-refractivity contribution in [3.63, 3.8) is 0 Å². The van der Waals surface area contributed by atoms with Gasteiger partial charge in [0.25, 0.3) is 5.91 Å².